The third-order valence-corrected chi connectivity index (χ3v) is 5.86. The molecule has 3 heterocycles. The van der Waals surface area contributed by atoms with Crippen LogP contribution in [0.15, 0.2) is 36.7 Å². The highest BCUT2D eigenvalue weighted by molar-refractivity contribution is 7.21. The Kier molecular flexibility index (Phi) is 4.46. The molecule has 0 radical (unpaired) electrons. The molecule has 1 aliphatic heterocycles. The summed E-state index contributed by atoms with van der Waals surface area (Å²) >= 11 is 1.50. The molecule has 1 aromatic carbocycles. The van der Waals surface area contributed by atoms with Crippen LogP contribution >= 0.6 is 11.3 Å². The molecular formula is C19H20N4O2S. The van der Waals surface area contributed by atoms with Crippen LogP contribution in [0.3, 0.4) is 0 Å². The van der Waals surface area contributed by atoms with Crippen LogP contribution in [0.5, 0.6) is 0 Å². The maximum Gasteiger partial charge on any atom is 0.261 e. The van der Waals surface area contributed by atoms with Crippen LogP contribution in [0.1, 0.15) is 38.9 Å². The minimum absolute atomic E-state index is 0.00862. The fourth-order valence-electron chi connectivity index (χ4n) is 3.24. The second kappa shape index (κ2) is 6.92. The molecule has 26 heavy (non-hydrogen) atoms. The van der Waals surface area contributed by atoms with Crippen molar-refractivity contribution < 1.29 is 9.59 Å². The number of aromatic nitrogens is 2. The minimum atomic E-state index is -0.0833. The molecule has 6 nitrogen and oxygen atoms in total. The summed E-state index contributed by atoms with van der Waals surface area (Å²) in [6, 6.07) is 7.62. The monoisotopic (exact) mass is 368 g/mol. The number of nitrogens with one attached hydrogen (secondary N) is 2. The average Bonchev–Trinajstić information content (AvgIpc) is 3.28. The fraction of sp³-hybridized carbons (Fsp3) is 0.316. The van der Waals surface area contributed by atoms with Crippen molar-refractivity contribution in [1.29, 1.82) is 0 Å². The Morgan fingerprint density at radius 1 is 1.46 bits per heavy atom. The third kappa shape index (κ3) is 3.22. The van der Waals surface area contributed by atoms with Crippen molar-refractivity contribution in [3.63, 3.8) is 0 Å². The van der Waals surface area contributed by atoms with Crippen molar-refractivity contribution in [2.45, 2.75) is 32.4 Å². The van der Waals surface area contributed by atoms with E-state index in [0.29, 0.717) is 12.1 Å². The van der Waals surface area contributed by atoms with E-state index in [1.807, 2.05) is 42.1 Å². The van der Waals surface area contributed by atoms with Crippen molar-refractivity contribution in [1.82, 2.24) is 20.4 Å². The molecule has 0 aliphatic carbocycles. The predicted octanol–water partition coefficient (Wildman–Crippen LogP) is 2.59. The molecule has 2 amide bonds. The summed E-state index contributed by atoms with van der Waals surface area (Å²) in [5, 5.41) is 11.1. The lowest BCUT2D eigenvalue weighted by Crippen LogP contribution is -2.33. The van der Waals surface area contributed by atoms with Crippen molar-refractivity contribution in [2.24, 2.45) is 0 Å². The first-order valence-corrected chi connectivity index (χ1v) is 9.55. The molecule has 2 N–H and O–H groups in total. The van der Waals surface area contributed by atoms with Crippen LogP contribution in [-0.4, -0.2) is 34.2 Å². The molecule has 1 atom stereocenters. The number of benzene rings is 1. The molecule has 1 aliphatic rings. The molecule has 0 fully saturated rings. The van der Waals surface area contributed by atoms with E-state index in [0.717, 1.165) is 39.9 Å². The van der Waals surface area contributed by atoms with Crippen LogP contribution < -0.4 is 10.6 Å². The van der Waals surface area contributed by atoms with E-state index in [1.54, 1.807) is 6.20 Å². The van der Waals surface area contributed by atoms with Crippen LogP contribution in [0.2, 0.25) is 0 Å². The van der Waals surface area contributed by atoms with Gasteiger partial charge in [0.2, 0.25) is 0 Å². The Hall–Kier alpha value is -2.67. The lowest BCUT2D eigenvalue weighted by molar-refractivity contribution is 0.0933. The Morgan fingerprint density at radius 3 is 3.15 bits per heavy atom. The first-order chi connectivity index (χ1) is 12.6. The molecule has 0 saturated carbocycles. The zero-order valence-electron chi connectivity index (χ0n) is 14.5. The molecule has 4 rings (SSSR count). The molecule has 0 bridgehead atoms. The largest absolute Gasteiger partial charge is 0.351 e. The maximum absolute atomic E-state index is 12.6. The fourth-order valence-corrected chi connectivity index (χ4v) is 4.39. The van der Waals surface area contributed by atoms with E-state index in [1.165, 1.54) is 11.3 Å². The SMILES string of the molecule is C[C@@H](CCn1cccn1)NC(=O)c1ccc2sc3c(c2c1)CCNC3=O. The molecule has 3 aromatic rings. The number of nitrogens with zero attached hydrogens (tertiary/aromatic N) is 2. The highest BCUT2D eigenvalue weighted by Crippen LogP contribution is 2.33. The molecule has 0 spiro atoms. The molecule has 0 unspecified atom stereocenters. The van der Waals surface area contributed by atoms with E-state index < -0.39 is 0 Å². The lowest BCUT2D eigenvalue weighted by Gasteiger charge is -2.14. The maximum atomic E-state index is 12.6. The predicted molar refractivity (Wildman–Crippen MR) is 102 cm³/mol. The first-order valence-electron chi connectivity index (χ1n) is 8.74. The number of hydrogen-bond donors (Lipinski definition) is 2. The number of thiophene rings is 1. The standard InChI is InChI=1S/C19H20N4O2S/c1-12(6-10-23-9-2-7-21-23)22-18(24)13-3-4-16-15(11-13)14-5-8-20-19(25)17(14)26-16/h2-4,7,9,11-12H,5-6,8,10H2,1H3,(H,20,25)(H,22,24)/t12-/m0/s1. The van der Waals surface area contributed by atoms with Crippen molar-refractivity contribution >= 4 is 33.2 Å². The number of carbonyl (C=O) groups excluding carboxylic acids is 2. The van der Waals surface area contributed by atoms with E-state index >= 15 is 0 Å². The van der Waals surface area contributed by atoms with Gasteiger partial charge in [0.25, 0.3) is 11.8 Å². The van der Waals surface area contributed by atoms with Gasteiger partial charge in [-0.1, -0.05) is 0 Å². The van der Waals surface area contributed by atoms with Crippen LogP contribution in [0.25, 0.3) is 10.1 Å². The van der Waals surface area contributed by atoms with Gasteiger partial charge in [0.15, 0.2) is 0 Å². The summed E-state index contributed by atoms with van der Waals surface area (Å²) in [6.07, 6.45) is 5.29. The molecule has 2 aromatic heterocycles. The average molecular weight is 368 g/mol. The van der Waals surface area contributed by atoms with Crippen LogP contribution in [-0.2, 0) is 13.0 Å². The molecule has 134 valence electrons. The number of fused-ring (bicyclic) bond motifs is 3. The lowest BCUT2D eigenvalue weighted by atomic mass is 10.0. The van der Waals surface area contributed by atoms with Gasteiger partial charge in [-0.3, -0.25) is 14.3 Å². The summed E-state index contributed by atoms with van der Waals surface area (Å²) in [7, 11) is 0. The smallest absolute Gasteiger partial charge is 0.261 e. The van der Waals surface area contributed by atoms with Crippen molar-refractivity contribution in [3.05, 3.63) is 52.7 Å². The van der Waals surface area contributed by atoms with Gasteiger partial charge < -0.3 is 10.6 Å². The zero-order chi connectivity index (χ0) is 18.1. The van der Waals surface area contributed by atoms with Gasteiger partial charge in [-0.2, -0.15) is 5.10 Å². The second-order valence-corrected chi connectivity index (χ2v) is 7.61. The topological polar surface area (TPSA) is 76.0 Å². The highest BCUT2D eigenvalue weighted by Gasteiger charge is 2.22. The normalized spacial score (nSPS) is 14.7. The molecular weight excluding hydrogens is 348 g/mol. The van der Waals surface area contributed by atoms with E-state index in [-0.39, 0.29) is 17.9 Å². The van der Waals surface area contributed by atoms with Crippen LogP contribution in [0, 0.1) is 0 Å². The zero-order valence-corrected chi connectivity index (χ0v) is 15.3. The number of hydrogen-bond acceptors (Lipinski definition) is 4. The quantitative estimate of drug-likeness (QED) is 0.727. The summed E-state index contributed by atoms with van der Waals surface area (Å²) in [5.41, 5.74) is 1.70. The number of aryl methyl sites for hydroxylation is 1. The minimum Gasteiger partial charge on any atom is -0.351 e. The van der Waals surface area contributed by atoms with Gasteiger partial charge in [0.05, 0.1) is 4.88 Å². The van der Waals surface area contributed by atoms with E-state index in [4.69, 9.17) is 0 Å². The summed E-state index contributed by atoms with van der Waals surface area (Å²) in [6.45, 7) is 3.41. The number of amides is 2. The van der Waals surface area contributed by atoms with Gasteiger partial charge in [-0.25, -0.2) is 0 Å². The number of rotatable bonds is 5. The van der Waals surface area contributed by atoms with E-state index in [9.17, 15) is 9.59 Å². The third-order valence-electron chi connectivity index (χ3n) is 4.65. The van der Waals surface area contributed by atoms with Gasteiger partial charge in [0, 0.05) is 41.8 Å². The number of carbonyl (C=O) groups is 2. The van der Waals surface area contributed by atoms with Gasteiger partial charge in [-0.15, -0.1) is 11.3 Å². The summed E-state index contributed by atoms with van der Waals surface area (Å²) in [4.78, 5) is 25.4. The van der Waals surface area contributed by atoms with Crippen LogP contribution in [0.4, 0.5) is 0 Å². The Balaban J connectivity index is 1.49. The van der Waals surface area contributed by atoms with Crippen molar-refractivity contribution in [2.75, 3.05) is 6.54 Å². The van der Waals surface area contributed by atoms with E-state index in [2.05, 4.69) is 15.7 Å². The molecule has 0 saturated heterocycles. The summed E-state index contributed by atoms with van der Waals surface area (Å²) in [5.74, 6) is -0.0919. The second-order valence-electron chi connectivity index (χ2n) is 6.56. The van der Waals surface area contributed by atoms with Gasteiger partial charge in [-0.05, 0) is 55.0 Å². The Morgan fingerprint density at radius 2 is 2.35 bits per heavy atom. The Bertz CT molecular complexity index is 961. The summed E-state index contributed by atoms with van der Waals surface area (Å²) < 4.78 is 2.91. The first kappa shape index (κ1) is 16.8. The highest BCUT2D eigenvalue weighted by atomic mass is 32.1. The molecule has 7 heteroatoms. The Labute approximate surface area is 155 Å². The van der Waals surface area contributed by atoms with Gasteiger partial charge in [0.1, 0.15) is 0 Å². The van der Waals surface area contributed by atoms with Crippen molar-refractivity contribution in [3.8, 4) is 0 Å². The van der Waals surface area contributed by atoms with Gasteiger partial charge >= 0.3 is 0 Å².